The zero-order valence-corrected chi connectivity index (χ0v) is 19.3. The van der Waals surface area contributed by atoms with Crippen molar-refractivity contribution in [1.82, 2.24) is 24.4 Å². The van der Waals surface area contributed by atoms with Crippen LogP contribution in [0.5, 0.6) is 0 Å². The van der Waals surface area contributed by atoms with Crippen LogP contribution >= 0.6 is 27.3 Å². The third kappa shape index (κ3) is 3.51. The smallest absolute Gasteiger partial charge is 0.291 e. The maximum Gasteiger partial charge on any atom is 0.291 e. The molecule has 0 fully saturated rings. The van der Waals surface area contributed by atoms with Gasteiger partial charge in [-0.2, -0.15) is 14.6 Å². The van der Waals surface area contributed by atoms with Gasteiger partial charge in [-0.15, -0.1) is 5.10 Å². The fraction of sp³-hybridized carbons (Fsp3) is 0. The van der Waals surface area contributed by atoms with Crippen LogP contribution in [0.4, 0.5) is 0 Å². The number of rotatable bonds is 4. The Morgan fingerprint density at radius 2 is 1.79 bits per heavy atom. The standard InChI is InChI=1S/C24H14BrN5O2S/c25-18-10-5-4-9-17(18)22-26-24-30(28-22)23(31)20(33-24)13-15-14-29(16-7-2-1-3-8-16)27-21(15)19-11-6-12-32-19/h1-14H/b20-13-. The van der Waals surface area contributed by atoms with E-state index in [1.165, 1.54) is 15.9 Å². The van der Waals surface area contributed by atoms with Gasteiger partial charge in [-0.05, 0) is 42.5 Å². The lowest BCUT2D eigenvalue weighted by molar-refractivity contribution is 0.579. The van der Waals surface area contributed by atoms with Gasteiger partial charge in [0.2, 0.25) is 4.96 Å². The van der Waals surface area contributed by atoms with Crippen LogP contribution in [0.15, 0.2) is 92.9 Å². The molecule has 0 aliphatic carbocycles. The number of halogens is 1. The minimum absolute atomic E-state index is 0.223. The summed E-state index contributed by atoms with van der Waals surface area (Å²) in [5.74, 6) is 1.13. The lowest BCUT2D eigenvalue weighted by Gasteiger charge is -1.98. The molecule has 0 N–H and O–H groups in total. The second kappa shape index (κ2) is 7.95. The van der Waals surface area contributed by atoms with Gasteiger partial charge in [0.05, 0.1) is 16.5 Å². The predicted octanol–water partition coefficient (Wildman–Crippen LogP) is 4.57. The largest absolute Gasteiger partial charge is 0.463 e. The SMILES string of the molecule is O=c1/c(=C/c2cn(-c3ccccc3)nc2-c2ccco2)sc2nc(-c3ccccc3Br)nn12. The Hall–Kier alpha value is -3.82. The topological polar surface area (TPSA) is 78.2 Å². The highest BCUT2D eigenvalue weighted by molar-refractivity contribution is 9.10. The second-order valence-electron chi connectivity index (χ2n) is 7.22. The predicted molar refractivity (Wildman–Crippen MR) is 130 cm³/mol. The van der Waals surface area contributed by atoms with Gasteiger partial charge in [0.15, 0.2) is 11.6 Å². The summed E-state index contributed by atoms with van der Waals surface area (Å²) in [6.07, 6.45) is 5.30. The number of fused-ring (bicyclic) bond motifs is 1. The molecule has 0 radical (unpaired) electrons. The van der Waals surface area contributed by atoms with Gasteiger partial charge >= 0.3 is 0 Å². The van der Waals surface area contributed by atoms with Gasteiger partial charge in [0.1, 0.15) is 5.69 Å². The highest BCUT2D eigenvalue weighted by atomic mass is 79.9. The van der Waals surface area contributed by atoms with E-state index < -0.39 is 0 Å². The van der Waals surface area contributed by atoms with Gasteiger partial charge in [0, 0.05) is 21.8 Å². The Morgan fingerprint density at radius 1 is 0.970 bits per heavy atom. The van der Waals surface area contributed by atoms with Crippen LogP contribution in [0.3, 0.4) is 0 Å². The Labute approximate surface area is 199 Å². The normalized spacial score (nSPS) is 12.1. The van der Waals surface area contributed by atoms with Crippen molar-refractivity contribution in [3.63, 3.8) is 0 Å². The maximum absolute atomic E-state index is 13.1. The molecule has 0 unspecified atom stereocenters. The van der Waals surface area contributed by atoms with Crippen LogP contribution in [0, 0.1) is 0 Å². The molecule has 0 saturated carbocycles. The number of benzene rings is 2. The van der Waals surface area contributed by atoms with E-state index in [0.717, 1.165) is 21.3 Å². The van der Waals surface area contributed by atoms with Crippen molar-refractivity contribution in [2.45, 2.75) is 0 Å². The van der Waals surface area contributed by atoms with E-state index >= 15 is 0 Å². The molecular formula is C24H14BrN5O2S. The molecule has 7 nitrogen and oxygen atoms in total. The van der Waals surface area contributed by atoms with Crippen molar-refractivity contribution in [3.05, 3.63) is 104 Å². The van der Waals surface area contributed by atoms with E-state index in [4.69, 9.17) is 9.52 Å². The molecule has 2 aromatic carbocycles. The molecule has 0 aliphatic rings. The lowest BCUT2D eigenvalue weighted by Crippen LogP contribution is -2.23. The van der Waals surface area contributed by atoms with Crippen molar-refractivity contribution in [3.8, 4) is 28.5 Å². The van der Waals surface area contributed by atoms with Crippen molar-refractivity contribution >= 4 is 38.3 Å². The minimum Gasteiger partial charge on any atom is -0.463 e. The molecule has 4 heterocycles. The first-order valence-electron chi connectivity index (χ1n) is 10.0. The highest BCUT2D eigenvalue weighted by Crippen LogP contribution is 2.26. The fourth-order valence-corrected chi connectivity index (χ4v) is 4.90. The highest BCUT2D eigenvalue weighted by Gasteiger charge is 2.16. The van der Waals surface area contributed by atoms with E-state index in [2.05, 4.69) is 26.0 Å². The van der Waals surface area contributed by atoms with E-state index in [1.54, 1.807) is 10.9 Å². The molecule has 160 valence electrons. The first kappa shape index (κ1) is 19.8. The molecule has 33 heavy (non-hydrogen) atoms. The molecule has 0 atom stereocenters. The van der Waals surface area contributed by atoms with Crippen molar-refractivity contribution in [1.29, 1.82) is 0 Å². The molecule has 0 spiro atoms. The summed E-state index contributed by atoms with van der Waals surface area (Å²) in [5, 5.41) is 9.15. The third-order valence-electron chi connectivity index (χ3n) is 5.10. The zero-order valence-electron chi connectivity index (χ0n) is 16.9. The number of nitrogens with zero attached hydrogens (tertiary/aromatic N) is 5. The van der Waals surface area contributed by atoms with Crippen LogP contribution in [0.2, 0.25) is 0 Å². The van der Waals surface area contributed by atoms with Crippen LogP contribution in [0.1, 0.15) is 5.56 Å². The van der Waals surface area contributed by atoms with Crippen LogP contribution in [0.25, 0.3) is 39.6 Å². The molecule has 6 rings (SSSR count). The molecule has 0 amide bonds. The monoisotopic (exact) mass is 515 g/mol. The number of aromatic nitrogens is 5. The Morgan fingerprint density at radius 3 is 2.55 bits per heavy atom. The van der Waals surface area contributed by atoms with Gasteiger partial charge in [0.25, 0.3) is 5.56 Å². The van der Waals surface area contributed by atoms with Gasteiger partial charge in [-0.3, -0.25) is 4.79 Å². The molecule has 6 aromatic rings. The molecular weight excluding hydrogens is 502 g/mol. The van der Waals surface area contributed by atoms with E-state index in [1.807, 2.05) is 79.0 Å². The minimum atomic E-state index is -0.223. The first-order chi connectivity index (χ1) is 16.2. The van der Waals surface area contributed by atoms with Crippen LogP contribution < -0.4 is 10.1 Å². The Kier molecular flexibility index (Phi) is 4.78. The summed E-state index contributed by atoms with van der Waals surface area (Å²) in [7, 11) is 0. The quantitative estimate of drug-likeness (QED) is 0.343. The Bertz CT molecular complexity index is 1700. The van der Waals surface area contributed by atoms with E-state index in [-0.39, 0.29) is 5.56 Å². The summed E-state index contributed by atoms with van der Waals surface area (Å²) in [5.41, 5.74) is 2.94. The van der Waals surface area contributed by atoms with Gasteiger partial charge < -0.3 is 4.42 Å². The summed E-state index contributed by atoms with van der Waals surface area (Å²) in [6, 6.07) is 21.1. The fourth-order valence-electron chi connectivity index (χ4n) is 3.54. The summed E-state index contributed by atoms with van der Waals surface area (Å²) >= 11 is 4.81. The third-order valence-corrected chi connectivity index (χ3v) is 6.75. The van der Waals surface area contributed by atoms with Crippen molar-refractivity contribution in [2.75, 3.05) is 0 Å². The van der Waals surface area contributed by atoms with Crippen LogP contribution in [-0.2, 0) is 0 Å². The first-order valence-corrected chi connectivity index (χ1v) is 11.6. The molecule has 0 bridgehead atoms. The summed E-state index contributed by atoms with van der Waals surface area (Å²) in [6.45, 7) is 0. The molecule has 0 aliphatic heterocycles. The maximum atomic E-state index is 13.1. The number of para-hydroxylation sites is 1. The second-order valence-corrected chi connectivity index (χ2v) is 9.08. The summed E-state index contributed by atoms with van der Waals surface area (Å²) in [4.78, 5) is 18.2. The number of furan rings is 1. The molecule has 0 saturated heterocycles. The molecule has 4 aromatic heterocycles. The van der Waals surface area contributed by atoms with Gasteiger partial charge in [-0.1, -0.05) is 57.6 Å². The number of hydrogen-bond donors (Lipinski definition) is 0. The Balaban J connectivity index is 1.49. The lowest BCUT2D eigenvalue weighted by atomic mass is 10.2. The van der Waals surface area contributed by atoms with E-state index in [0.29, 0.717) is 26.8 Å². The van der Waals surface area contributed by atoms with Crippen molar-refractivity contribution in [2.24, 2.45) is 0 Å². The molecule has 9 heteroatoms. The zero-order chi connectivity index (χ0) is 22.4. The van der Waals surface area contributed by atoms with Gasteiger partial charge in [-0.25, -0.2) is 4.68 Å². The number of thiazole rings is 1. The average Bonchev–Trinajstić information content (AvgIpc) is 3.62. The number of hydrogen-bond acceptors (Lipinski definition) is 6. The summed E-state index contributed by atoms with van der Waals surface area (Å²) < 4.78 is 10.1. The van der Waals surface area contributed by atoms with E-state index in [9.17, 15) is 4.79 Å². The van der Waals surface area contributed by atoms with Crippen molar-refractivity contribution < 1.29 is 4.42 Å². The average molecular weight is 516 g/mol. The van der Waals surface area contributed by atoms with Crippen LogP contribution in [-0.4, -0.2) is 24.4 Å².